The molecule has 0 unspecified atom stereocenters. The van der Waals surface area contributed by atoms with Crippen molar-refractivity contribution in [3.63, 3.8) is 0 Å². The molecule has 3 nitrogen and oxygen atoms in total. The summed E-state index contributed by atoms with van der Waals surface area (Å²) in [5.41, 5.74) is 1.71. The van der Waals surface area contributed by atoms with Gasteiger partial charge < -0.3 is 4.74 Å². The molecule has 0 amide bonds. The number of hydrogen-bond acceptors (Lipinski definition) is 3. The number of carbonyl (C=O) groups is 2. The summed E-state index contributed by atoms with van der Waals surface area (Å²) in [5.74, 6) is 0.274. The summed E-state index contributed by atoms with van der Waals surface area (Å²) in [6.07, 6.45) is 0.685. The van der Waals surface area contributed by atoms with E-state index in [0.29, 0.717) is 23.2 Å². The third kappa shape index (κ3) is 1.66. The van der Waals surface area contributed by atoms with E-state index < -0.39 is 0 Å². The second-order valence-electron chi connectivity index (χ2n) is 3.05. The first-order chi connectivity index (χ1) is 6.61. The largest absolute Gasteiger partial charge is 0.495 e. The Morgan fingerprint density at radius 2 is 2.07 bits per heavy atom. The van der Waals surface area contributed by atoms with Crippen molar-refractivity contribution in [1.29, 1.82) is 0 Å². The zero-order chi connectivity index (χ0) is 10.7. The summed E-state index contributed by atoms with van der Waals surface area (Å²) in [5, 5.41) is 0. The van der Waals surface area contributed by atoms with Gasteiger partial charge in [0.2, 0.25) is 0 Å². The molecule has 14 heavy (non-hydrogen) atoms. The lowest BCUT2D eigenvalue weighted by Crippen LogP contribution is -2.03. The molecule has 0 fully saturated rings. The van der Waals surface area contributed by atoms with Crippen LogP contribution in [0.15, 0.2) is 12.1 Å². The van der Waals surface area contributed by atoms with Crippen molar-refractivity contribution in [2.24, 2.45) is 0 Å². The van der Waals surface area contributed by atoms with Gasteiger partial charge in [0.05, 0.1) is 18.2 Å². The maximum atomic E-state index is 11.3. The lowest BCUT2D eigenvalue weighted by atomic mass is 10.0. The topological polar surface area (TPSA) is 43.4 Å². The zero-order valence-corrected chi connectivity index (χ0v) is 8.46. The number of aldehydes is 1. The van der Waals surface area contributed by atoms with Crippen LogP contribution >= 0.6 is 0 Å². The first-order valence-corrected chi connectivity index (χ1v) is 4.25. The van der Waals surface area contributed by atoms with E-state index in [0.717, 1.165) is 5.56 Å². The van der Waals surface area contributed by atoms with Gasteiger partial charge in [0.15, 0.2) is 12.1 Å². The number of hydrogen-bond donors (Lipinski definition) is 0. The summed E-state index contributed by atoms with van der Waals surface area (Å²) in [6.45, 7) is 3.27. The normalized spacial score (nSPS) is 9.64. The van der Waals surface area contributed by atoms with E-state index in [2.05, 4.69) is 0 Å². The number of rotatable bonds is 3. The van der Waals surface area contributed by atoms with Crippen molar-refractivity contribution in [3.05, 3.63) is 28.8 Å². The van der Waals surface area contributed by atoms with Gasteiger partial charge in [0.25, 0.3) is 0 Å². The molecule has 3 heteroatoms. The Morgan fingerprint density at radius 3 is 2.50 bits per heavy atom. The highest BCUT2D eigenvalue weighted by Crippen LogP contribution is 2.26. The Balaban J connectivity index is 3.50. The molecule has 1 aromatic rings. The highest BCUT2D eigenvalue weighted by molar-refractivity contribution is 6.01. The van der Waals surface area contributed by atoms with Crippen LogP contribution < -0.4 is 4.74 Å². The zero-order valence-electron chi connectivity index (χ0n) is 8.46. The molecule has 0 aromatic heterocycles. The predicted molar refractivity (Wildman–Crippen MR) is 53.1 cm³/mol. The standard InChI is InChI=1S/C11H12O3/c1-7-4-5-9(6-12)11(14-3)10(7)8(2)13/h4-6H,1-3H3. The molecule has 0 aliphatic carbocycles. The molecule has 0 radical (unpaired) electrons. The van der Waals surface area contributed by atoms with Crippen LogP contribution in [0.5, 0.6) is 5.75 Å². The number of methoxy groups -OCH3 is 1. The van der Waals surface area contributed by atoms with Crippen molar-refractivity contribution in [1.82, 2.24) is 0 Å². The van der Waals surface area contributed by atoms with Crippen LogP contribution in [-0.4, -0.2) is 19.2 Å². The van der Waals surface area contributed by atoms with Crippen LogP contribution in [0.4, 0.5) is 0 Å². The Morgan fingerprint density at radius 1 is 1.43 bits per heavy atom. The highest BCUT2D eigenvalue weighted by Gasteiger charge is 2.14. The minimum Gasteiger partial charge on any atom is -0.495 e. The number of carbonyl (C=O) groups excluding carboxylic acids is 2. The fourth-order valence-electron chi connectivity index (χ4n) is 1.45. The number of benzene rings is 1. The molecule has 74 valence electrons. The summed E-state index contributed by atoms with van der Waals surface area (Å²) < 4.78 is 5.06. The molecule has 0 bridgehead atoms. The van der Waals surface area contributed by atoms with Crippen LogP contribution in [0.1, 0.15) is 33.2 Å². The third-order valence-corrected chi connectivity index (χ3v) is 2.08. The minimum atomic E-state index is -0.0944. The minimum absolute atomic E-state index is 0.0944. The fraction of sp³-hybridized carbons (Fsp3) is 0.273. The van der Waals surface area contributed by atoms with Crippen LogP contribution in [0.25, 0.3) is 0 Å². The van der Waals surface area contributed by atoms with Gasteiger partial charge in [-0.25, -0.2) is 0 Å². The lowest BCUT2D eigenvalue weighted by Gasteiger charge is -2.10. The lowest BCUT2D eigenvalue weighted by molar-refractivity contribution is 0.101. The van der Waals surface area contributed by atoms with Crippen molar-refractivity contribution in [2.45, 2.75) is 13.8 Å². The van der Waals surface area contributed by atoms with Crippen LogP contribution in [0, 0.1) is 6.92 Å². The van der Waals surface area contributed by atoms with Gasteiger partial charge in [-0.05, 0) is 25.5 Å². The second kappa shape index (κ2) is 4.05. The van der Waals surface area contributed by atoms with E-state index in [-0.39, 0.29) is 5.78 Å². The van der Waals surface area contributed by atoms with Gasteiger partial charge in [-0.2, -0.15) is 0 Å². The molecule has 0 atom stereocenters. The van der Waals surface area contributed by atoms with E-state index in [1.165, 1.54) is 14.0 Å². The Hall–Kier alpha value is -1.64. The molecule has 0 aliphatic heterocycles. The van der Waals surface area contributed by atoms with E-state index >= 15 is 0 Å². The first-order valence-electron chi connectivity index (χ1n) is 4.25. The molecule has 0 saturated heterocycles. The van der Waals surface area contributed by atoms with Gasteiger partial charge in [-0.1, -0.05) is 6.07 Å². The maximum Gasteiger partial charge on any atom is 0.163 e. The predicted octanol–water partition coefficient (Wildman–Crippen LogP) is 2.02. The van der Waals surface area contributed by atoms with E-state index in [1.54, 1.807) is 12.1 Å². The fourth-order valence-corrected chi connectivity index (χ4v) is 1.45. The van der Waals surface area contributed by atoms with Crippen LogP contribution in [0.3, 0.4) is 0 Å². The van der Waals surface area contributed by atoms with E-state index in [4.69, 9.17) is 4.74 Å². The van der Waals surface area contributed by atoms with E-state index in [1.807, 2.05) is 6.92 Å². The average molecular weight is 192 g/mol. The van der Waals surface area contributed by atoms with Crippen molar-refractivity contribution in [3.8, 4) is 5.75 Å². The molecule has 0 spiro atoms. The maximum absolute atomic E-state index is 11.3. The molecular weight excluding hydrogens is 180 g/mol. The number of aryl methyl sites for hydroxylation is 1. The molecule has 0 N–H and O–H groups in total. The Kier molecular flexibility index (Phi) is 3.02. The smallest absolute Gasteiger partial charge is 0.163 e. The number of Topliss-reactive ketones (excluding diaryl/α,β-unsaturated/α-hetero) is 1. The molecule has 1 aromatic carbocycles. The van der Waals surface area contributed by atoms with Gasteiger partial charge in [0.1, 0.15) is 5.75 Å². The molecule has 0 saturated carbocycles. The van der Waals surface area contributed by atoms with E-state index in [9.17, 15) is 9.59 Å². The summed E-state index contributed by atoms with van der Waals surface area (Å²) >= 11 is 0. The monoisotopic (exact) mass is 192 g/mol. The Labute approximate surface area is 82.7 Å². The summed E-state index contributed by atoms with van der Waals surface area (Å²) in [4.78, 5) is 22.0. The third-order valence-electron chi connectivity index (χ3n) is 2.08. The van der Waals surface area contributed by atoms with Crippen LogP contribution in [-0.2, 0) is 0 Å². The van der Waals surface area contributed by atoms with Crippen molar-refractivity contribution >= 4 is 12.1 Å². The number of ether oxygens (including phenoxy) is 1. The van der Waals surface area contributed by atoms with Crippen LogP contribution in [0.2, 0.25) is 0 Å². The molecule has 0 heterocycles. The van der Waals surface area contributed by atoms with Gasteiger partial charge >= 0.3 is 0 Å². The quantitative estimate of drug-likeness (QED) is 0.543. The summed E-state index contributed by atoms with van der Waals surface area (Å²) in [7, 11) is 1.45. The molecule has 1 rings (SSSR count). The average Bonchev–Trinajstić information content (AvgIpc) is 2.16. The van der Waals surface area contributed by atoms with Gasteiger partial charge in [-0.15, -0.1) is 0 Å². The van der Waals surface area contributed by atoms with Gasteiger partial charge in [0, 0.05) is 0 Å². The SMILES string of the molecule is COc1c(C=O)ccc(C)c1C(C)=O. The highest BCUT2D eigenvalue weighted by atomic mass is 16.5. The van der Waals surface area contributed by atoms with Crippen molar-refractivity contribution in [2.75, 3.05) is 7.11 Å². The van der Waals surface area contributed by atoms with Gasteiger partial charge in [-0.3, -0.25) is 9.59 Å². The molecular formula is C11H12O3. The Bertz CT molecular complexity index is 380. The summed E-state index contributed by atoms with van der Waals surface area (Å²) in [6, 6.07) is 3.39. The first kappa shape index (κ1) is 10.4. The number of ketones is 1. The molecule has 0 aliphatic rings. The van der Waals surface area contributed by atoms with Crippen molar-refractivity contribution < 1.29 is 14.3 Å². The second-order valence-corrected chi connectivity index (χ2v) is 3.05.